The van der Waals surface area contributed by atoms with Gasteiger partial charge in [-0.3, -0.25) is 4.79 Å². The second kappa shape index (κ2) is 7.85. The summed E-state index contributed by atoms with van der Waals surface area (Å²) in [6, 6.07) is 4.96. The molecule has 0 bridgehead atoms. The van der Waals surface area contributed by atoms with Crippen LogP contribution in [0.2, 0.25) is 0 Å². The molecule has 8 heteroatoms. The molecule has 0 saturated carbocycles. The van der Waals surface area contributed by atoms with Crippen LogP contribution in [0.15, 0.2) is 18.2 Å². The normalized spacial score (nSPS) is 16.1. The predicted octanol–water partition coefficient (Wildman–Crippen LogP) is 2.30. The van der Waals surface area contributed by atoms with Crippen LogP contribution in [0.3, 0.4) is 0 Å². The predicted molar refractivity (Wildman–Crippen MR) is 107 cm³/mol. The molecule has 1 aliphatic heterocycles. The summed E-state index contributed by atoms with van der Waals surface area (Å²) >= 11 is 0. The Morgan fingerprint density at radius 2 is 1.86 bits per heavy atom. The molecule has 0 unspecified atom stereocenters. The van der Waals surface area contributed by atoms with Crippen molar-refractivity contribution in [2.45, 2.75) is 33.1 Å². The number of aryl methyl sites for hydroxylation is 1. The van der Waals surface area contributed by atoms with Gasteiger partial charge in [-0.15, -0.1) is 0 Å². The number of nitrogens with zero attached hydrogens (tertiary/aromatic N) is 4. The summed E-state index contributed by atoms with van der Waals surface area (Å²) in [4.78, 5) is 28.6. The van der Waals surface area contributed by atoms with Gasteiger partial charge in [-0.2, -0.15) is 5.10 Å². The Bertz CT molecular complexity index is 947. The van der Waals surface area contributed by atoms with E-state index in [4.69, 9.17) is 0 Å². The van der Waals surface area contributed by atoms with Gasteiger partial charge in [0.25, 0.3) is 5.91 Å². The van der Waals surface area contributed by atoms with E-state index in [1.165, 1.54) is 6.07 Å². The van der Waals surface area contributed by atoms with Crippen molar-refractivity contribution in [3.8, 4) is 5.69 Å². The molecule has 1 aromatic carbocycles. The first kappa shape index (κ1) is 19.4. The number of aromatic nitrogens is 2. The lowest BCUT2D eigenvalue weighted by molar-refractivity contribution is 0.0658. The maximum Gasteiger partial charge on any atom is 0.317 e. The number of halogens is 1. The van der Waals surface area contributed by atoms with Crippen LogP contribution in [-0.2, 0) is 12.8 Å². The van der Waals surface area contributed by atoms with E-state index < -0.39 is 0 Å². The smallest absolute Gasteiger partial charge is 0.317 e. The highest BCUT2D eigenvalue weighted by Gasteiger charge is 2.32. The van der Waals surface area contributed by atoms with Gasteiger partial charge in [0, 0.05) is 44.0 Å². The van der Waals surface area contributed by atoms with Crippen LogP contribution in [0.5, 0.6) is 0 Å². The summed E-state index contributed by atoms with van der Waals surface area (Å²) in [5.41, 5.74) is 3.51. The Morgan fingerprint density at radius 1 is 1.14 bits per heavy atom. The van der Waals surface area contributed by atoms with E-state index >= 15 is 0 Å². The molecular formula is C21H26FN5O2. The van der Waals surface area contributed by atoms with Gasteiger partial charge in [-0.05, 0) is 50.8 Å². The van der Waals surface area contributed by atoms with Crippen molar-refractivity contribution >= 4 is 11.9 Å². The number of carbonyl (C=O) groups is 2. The lowest BCUT2D eigenvalue weighted by Crippen LogP contribution is -2.53. The average Bonchev–Trinajstić information content (AvgIpc) is 3.31. The quantitative estimate of drug-likeness (QED) is 0.861. The number of benzene rings is 1. The maximum atomic E-state index is 14.6. The summed E-state index contributed by atoms with van der Waals surface area (Å²) in [5.74, 6) is -0.471. The SMILES string of the molecule is CCNC(=O)N1CCN(C(=O)c2nn(-c3ccc(C)cc3F)c3c2CCC3)CC1. The molecule has 1 aromatic heterocycles. The van der Waals surface area contributed by atoms with Crippen LogP contribution in [0.25, 0.3) is 5.69 Å². The number of fused-ring (bicyclic) bond motifs is 1. The Morgan fingerprint density at radius 3 is 2.55 bits per heavy atom. The van der Waals surface area contributed by atoms with E-state index in [2.05, 4.69) is 10.4 Å². The second-order valence-corrected chi connectivity index (χ2v) is 7.61. The van der Waals surface area contributed by atoms with Gasteiger partial charge in [-0.25, -0.2) is 13.9 Å². The highest BCUT2D eigenvalue weighted by molar-refractivity contribution is 5.94. The summed E-state index contributed by atoms with van der Waals surface area (Å²) < 4.78 is 16.2. The van der Waals surface area contributed by atoms with Gasteiger partial charge in [0.15, 0.2) is 5.69 Å². The third kappa shape index (κ3) is 3.59. The lowest BCUT2D eigenvalue weighted by atomic mass is 10.1. The molecule has 1 aliphatic carbocycles. The Kier molecular flexibility index (Phi) is 5.25. The fourth-order valence-corrected chi connectivity index (χ4v) is 4.12. The fourth-order valence-electron chi connectivity index (χ4n) is 4.12. The first-order valence-corrected chi connectivity index (χ1v) is 10.2. The minimum absolute atomic E-state index is 0.0976. The van der Waals surface area contributed by atoms with Gasteiger partial charge >= 0.3 is 6.03 Å². The van der Waals surface area contributed by atoms with E-state index in [1.807, 2.05) is 19.9 Å². The van der Waals surface area contributed by atoms with Crippen molar-refractivity contribution in [1.82, 2.24) is 24.9 Å². The zero-order chi connectivity index (χ0) is 20.5. The van der Waals surface area contributed by atoms with Crippen LogP contribution < -0.4 is 5.32 Å². The van der Waals surface area contributed by atoms with Crippen LogP contribution in [0, 0.1) is 12.7 Å². The number of carbonyl (C=O) groups excluding carboxylic acids is 2. The van der Waals surface area contributed by atoms with Gasteiger partial charge in [0.05, 0.1) is 0 Å². The molecule has 0 atom stereocenters. The van der Waals surface area contributed by atoms with Crippen LogP contribution in [0.4, 0.5) is 9.18 Å². The maximum absolute atomic E-state index is 14.6. The molecule has 0 spiro atoms. The molecular weight excluding hydrogens is 373 g/mol. The highest BCUT2D eigenvalue weighted by Crippen LogP contribution is 2.29. The van der Waals surface area contributed by atoms with Gasteiger partial charge in [-0.1, -0.05) is 6.07 Å². The number of urea groups is 1. The number of rotatable bonds is 3. The molecule has 29 heavy (non-hydrogen) atoms. The van der Waals surface area contributed by atoms with Crippen molar-refractivity contribution in [2.24, 2.45) is 0 Å². The molecule has 3 amide bonds. The monoisotopic (exact) mass is 399 g/mol. The second-order valence-electron chi connectivity index (χ2n) is 7.61. The molecule has 0 radical (unpaired) electrons. The molecule has 154 valence electrons. The molecule has 2 aromatic rings. The van der Waals surface area contributed by atoms with Crippen LogP contribution >= 0.6 is 0 Å². The van der Waals surface area contributed by atoms with Crippen LogP contribution in [0.1, 0.15) is 40.7 Å². The third-order valence-electron chi connectivity index (χ3n) is 5.65. The van der Waals surface area contributed by atoms with Crippen molar-refractivity contribution < 1.29 is 14.0 Å². The molecule has 2 heterocycles. The molecule has 7 nitrogen and oxygen atoms in total. The van der Waals surface area contributed by atoms with E-state index in [9.17, 15) is 14.0 Å². The Hall–Kier alpha value is -2.90. The number of amides is 3. The highest BCUT2D eigenvalue weighted by atomic mass is 19.1. The summed E-state index contributed by atoms with van der Waals surface area (Å²) in [6.07, 6.45) is 2.50. The third-order valence-corrected chi connectivity index (χ3v) is 5.65. The minimum atomic E-state index is -0.336. The largest absolute Gasteiger partial charge is 0.338 e. The molecule has 1 N–H and O–H groups in total. The topological polar surface area (TPSA) is 70.5 Å². The van der Waals surface area contributed by atoms with Crippen molar-refractivity contribution in [3.05, 3.63) is 46.5 Å². The fraction of sp³-hybridized carbons (Fsp3) is 0.476. The Labute approximate surface area is 169 Å². The molecule has 1 fully saturated rings. The average molecular weight is 399 g/mol. The van der Waals surface area contributed by atoms with E-state index in [0.717, 1.165) is 36.1 Å². The van der Waals surface area contributed by atoms with E-state index in [1.54, 1.807) is 20.5 Å². The van der Waals surface area contributed by atoms with Crippen molar-refractivity contribution in [1.29, 1.82) is 0 Å². The van der Waals surface area contributed by atoms with E-state index in [0.29, 0.717) is 44.1 Å². The lowest BCUT2D eigenvalue weighted by Gasteiger charge is -2.34. The van der Waals surface area contributed by atoms with E-state index in [-0.39, 0.29) is 17.8 Å². The van der Waals surface area contributed by atoms with Gasteiger partial charge < -0.3 is 15.1 Å². The molecule has 2 aliphatic rings. The standard InChI is InChI=1S/C21H26FN5O2/c1-3-23-21(29)26-11-9-25(10-12-26)20(28)19-15-5-4-6-17(15)27(24-19)18-8-7-14(2)13-16(18)22/h7-8,13H,3-6,9-12H2,1-2H3,(H,23,29). The molecule has 1 saturated heterocycles. The number of nitrogens with one attached hydrogen (secondary N) is 1. The molecule has 4 rings (SSSR count). The Balaban J connectivity index is 1.57. The number of hydrogen-bond acceptors (Lipinski definition) is 3. The zero-order valence-corrected chi connectivity index (χ0v) is 16.9. The summed E-state index contributed by atoms with van der Waals surface area (Å²) in [7, 11) is 0. The number of hydrogen-bond donors (Lipinski definition) is 1. The minimum Gasteiger partial charge on any atom is -0.338 e. The van der Waals surface area contributed by atoms with Crippen LogP contribution in [-0.4, -0.2) is 64.2 Å². The summed E-state index contributed by atoms with van der Waals surface area (Å²) in [6.45, 7) is 6.23. The first-order valence-electron chi connectivity index (χ1n) is 10.2. The van der Waals surface area contributed by atoms with Crippen molar-refractivity contribution in [2.75, 3.05) is 32.7 Å². The number of piperazine rings is 1. The zero-order valence-electron chi connectivity index (χ0n) is 16.9. The van der Waals surface area contributed by atoms with Gasteiger partial charge in [0.2, 0.25) is 0 Å². The van der Waals surface area contributed by atoms with Crippen molar-refractivity contribution in [3.63, 3.8) is 0 Å². The van der Waals surface area contributed by atoms with Gasteiger partial charge in [0.1, 0.15) is 11.5 Å². The first-order chi connectivity index (χ1) is 14.0. The summed E-state index contributed by atoms with van der Waals surface area (Å²) in [5, 5.41) is 7.33.